The molecule has 0 atom stereocenters. The van der Waals surface area contributed by atoms with Crippen LogP contribution in [0.5, 0.6) is 0 Å². The Balaban J connectivity index is 2.07. The molecule has 2 aromatic rings. The van der Waals surface area contributed by atoms with E-state index >= 15 is 0 Å². The first-order chi connectivity index (χ1) is 12.8. The number of para-hydroxylation sites is 1. The number of carbonyl (C=O) groups is 2. The summed E-state index contributed by atoms with van der Waals surface area (Å²) < 4.78 is 30.3. The van der Waals surface area contributed by atoms with Crippen LogP contribution in [-0.2, 0) is 19.6 Å². The average molecular weight is 390 g/mol. The van der Waals surface area contributed by atoms with Crippen molar-refractivity contribution < 1.29 is 22.7 Å². The lowest BCUT2D eigenvalue weighted by molar-refractivity contribution is -0.116. The van der Waals surface area contributed by atoms with Gasteiger partial charge < -0.3 is 10.1 Å². The van der Waals surface area contributed by atoms with E-state index in [1.54, 1.807) is 31.2 Å². The van der Waals surface area contributed by atoms with Gasteiger partial charge in [0.2, 0.25) is 15.9 Å². The van der Waals surface area contributed by atoms with E-state index in [4.69, 9.17) is 4.74 Å². The molecular weight excluding hydrogens is 368 g/mol. The minimum atomic E-state index is -3.59. The van der Waals surface area contributed by atoms with E-state index < -0.39 is 16.0 Å². The number of nitrogens with zero attached hydrogens (tertiary/aromatic N) is 1. The first-order valence-corrected chi connectivity index (χ1v) is 10.3. The molecule has 0 aromatic heterocycles. The molecule has 0 aliphatic rings. The Labute approximate surface area is 159 Å². The molecule has 0 saturated carbocycles. The van der Waals surface area contributed by atoms with Crippen molar-refractivity contribution in [2.75, 3.05) is 29.0 Å². The molecule has 0 aliphatic heterocycles. The van der Waals surface area contributed by atoms with Crippen molar-refractivity contribution in [3.05, 3.63) is 60.2 Å². The van der Waals surface area contributed by atoms with Gasteiger partial charge in [-0.2, -0.15) is 0 Å². The fourth-order valence-electron chi connectivity index (χ4n) is 2.41. The lowest BCUT2D eigenvalue weighted by atomic mass is 10.2. The van der Waals surface area contributed by atoms with E-state index in [0.717, 1.165) is 10.6 Å². The topological polar surface area (TPSA) is 92.8 Å². The molecule has 0 unspecified atom stereocenters. The molecule has 27 heavy (non-hydrogen) atoms. The van der Waals surface area contributed by atoms with Gasteiger partial charge in [-0.1, -0.05) is 18.2 Å². The van der Waals surface area contributed by atoms with Crippen molar-refractivity contribution in [2.45, 2.75) is 13.3 Å². The minimum absolute atomic E-state index is 0.0123. The molecule has 0 aliphatic carbocycles. The van der Waals surface area contributed by atoms with Crippen LogP contribution in [0.25, 0.3) is 0 Å². The van der Waals surface area contributed by atoms with Gasteiger partial charge in [0, 0.05) is 18.7 Å². The molecule has 7 nitrogen and oxygen atoms in total. The normalized spacial score (nSPS) is 10.9. The number of nitrogens with one attached hydrogen (secondary N) is 1. The molecule has 1 amide bonds. The fourth-order valence-corrected chi connectivity index (χ4v) is 3.34. The van der Waals surface area contributed by atoms with Gasteiger partial charge >= 0.3 is 5.97 Å². The van der Waals surface area contributed by atoms with Gasteiger partial charge in [0.05, 0.1) is 24.1 Å². The number of amides is 1. The summed E-state index contributed by atoms with van der Waals surface area (Å²) in [6.07, 6.45) is 1.06. The third-order valence-electron chi connectivity index (χ3n) is 3.67. The van der Waals surface area contributed by atoms with Crippen LogP contribution in [0.3, 0.4) is 0 Å². The Kier molecular flexibility index (Phi) is 6.95. The smallest absolute Gasteiger partial charge is 0.338 e. The van der Waals surface area contributed by atoms with Gasteiger partial charge in [-0.25, -0.2) is 13.2 Å². The number of hydrogen-bond donors (Lipinski definition) is 1. The highest BCUT2D eigenvalue weighted by molar-refractivity contribution is 7.92. The van der Waals surface area contributed by atoms with Crippen molar-refractivity contribution in [1.82, 2.24) is 0 Å². The first kappa shape index (κ1) is 20.4. The predicted molar refractivity (Wildman–Crippen MR) is 104 cm³/mol. The molecule has 0 spiro atoms. The van der Waals surface area contributed by atoms with Crippen LogP contribution in [0.2, 0.25) is 0 Å². The van der Waals surface area contributed by atoms with Gasteiger partial charge in [0.25, 0.3) is 0 Å². The average Bonchev–Trinajstić information content (AvgIpc) is 2.62. The van der Waals surface area contributed by atoms with Crippen molar-refractivity contribution in [3.8, 4) is 0 Å². The van der Waals surface area contributed by atoms with E-state index in [1.165, 1.54) is 24.3 Å². The lowest BCUT2D eigenvalue weighted by Gasteiger charge is -2.22. The van der Waals surface area contributed by atoms with Gasteiger partial charge in [-0.15, -0.1) is 0 Å². The Morgan fingerprint density at radius 1 is 1.04 bits per heavy atom. The second-order valence-electron chi connectivity index (χ2n) is 5.77. The van der Waals surface area contributed by atoms with Crippen LogP contribution in [0.15, 0.2) is 54.6 Å². The molecule has 0 bridgehead atoms. The summed E-state index contributed by atoms with van der Waals surface area (Å²) in [5.41, 5.74) is 1.35. The number of anilines is 2. The molecule has 0 saturated heterocycles. The third kappa shape index (κ3) is 6.10. The van der Waals surface area contributed by atoms with Gasteiger partial charge in [-0.3, -0.25) is 9.10 Å². The number of ether oxygens (including phenoxy) is 1. The number of benzene rings is 2. The monoisotopic (exact) mass is 390 g/mol. The van der Waals surface area contributed by atoms with Crippen LogP contribution in [-0.4, -0.2) is 39.7 Å². The molecule has 0 heterocycles. The molecule has 144 valence electrons. The summed E-state index contributed by atoms with van der Waals surface area (Å²) in [5.74, 6) is -0.768. The summed E-state index contributed by atoms with van der Waals surface area (Å²) >= 11 is 0. The van der Waals surface area contributed by atoms with Crippen LogP contribution in [0, 0.1) is 0 Å². The number of sulfonamides is 1. The first-order valence-electron chi connectivity index (χ1n) is 8.41. The number of hydrogen-bond acceptors (Lipinski definition) is 5. The molecule has 0 radical (unpaired) electrons. The second kappa shape index (κ2) is 9.18. The standard InChI is InChI=1S/C19H22N2O5S/c1-3-26-19(23)15-9-11-17(12-10-15)21(27(2,24)25)14-13-18(22)20-16-7-5-4-6-8-16/h4-12H,3,13-14H2,1-2H3,(H,20,22). The maximum absolute atomic E-state index is 12.1. The number of carbonyl (C=O) groups excluding carboxylic acids is 2. The zero-order valence-corrected chi connectivity index (χ0v) is 16.0. The zero-order valence-electron chi connectivity index (χ0n) is 15.2. The van der Waals surface area contributed by atoms with Crippen molar-refractivity contribution in [1.29, 1.82) is 0 Å². The molecule has 0 fully saturated rings. The largest absolute Gasteiger partial charge is 0.462 e. The Morgan fingerprint density at radius 2 is 1.67 bits per heavy atom. The van der Waals surface area contributed by atoms with E-state index in [-0.39, 0.29) is 25.5 Å². The second-order valence-corrected chi connectivity index (χ2v) is 7.67. The number of rotatable bonds is 8. The molecule has 2 rings (SSSR count). The minimum Gasteiger partial charge on any atom is -0.462 e. The van der Waals surface area contributed by atoms with Crippen LogP contribution in [0.1, 0.15) is 23.7 Å². The zero-order chi connectivity index (χ0) is 19.9. The van der Waals surface area contributed by atoms with E-state index in [9.17, 15) is 18.0 Å². The van der Waals surface area contributed by atoms with Crippen LogP contribution < -0.4 is 9.62 Å². The lowest BCUT2D eigenvalue weighted by Crippen LogP contribution is -2.33. The Morgan fingerprint density at radius 3 is 2.22 bits per heavy atom. The Bertz CT molecular complexity index is 880. The third-order valence-corrected chi connectivity index (χ3v) is 4.86. The SMILES string of the molecule is CCOC(=O)c1ccc(N(CCC(=O)Nc2ccccc2)S(C)(=O)=O)cc1. The van der Waals surface area contributed by atoms with Crippen molar-refractivity contribution >= 4 is 33.3 Å². The van der Waals surface area contributed by atoms with Gasteiger partial charge in [-0.05, 0) is 43.3 Å². The van der Waals surface area contributed by atoms with E-state index in [1.807, 2.05) is 6.07 Å². The molecular formula is C19H22N2O5S. The summed E-state index contributed by atoms with van der Waals surface area (Å²) in [7, 11) is -3.59. The quantitative estimate of drug-likeness (QED) is 0.700. The summed E-state index contributed by atoms with van der Waals surface area (Å²) in [6.45, 7) is 1.95. The highest BCUT2D eigenvalue weighted by Crippen LogP contribution is 2.19. The van der Waals surface area contributed by atoms with Gasteiger partial charge in [0.1, 0.15) is 0 Å². The summed E-state index contributed by atoms with van der Waals surface area (Å²) in [4.78, 5) is 23.8. The highest BCUT2D eigenvalue weighted by Gasteiger charge is 2.19. The van der Waals surface area contributed by atoms with E-state index in [2.05, 4.69) is 5.32 Å². The number of esters is 1. The van der Waals surface area contributed by atoms with Crippen LogP contribution in [0.4, 0.5) is 11.4 Å². The fraction of sp³-hybridized carbons (Fsp3) is 0.263. The van der Waals surface area contributed by atoms with E-state index in [0.29, 0.717) is 16.9 Å². The van der Waals surface area contributed by atoms with Crippen LogP contribution >= 0.6 is 0 Å². The van der Waals surface area contributed by atoms with Crippen molar-refractivity contribution in [2.24, 2.45) is 0 Å². The summed E-state index contributed by atoms with van der Waals surface area (Å²) in [6, 6.07) is 14.9. The molecule has 1 N–H and O–H groups in total. The predicted octanol–water partition coefficient (Wildman–Crippen LogP) is 2.66. The summed E-state index contributed by atoms with van der Waals surface area (Å²) in [5, 5.41) is 2.72. The Hall–Kier alpha value is -2.87. The van der Waals surface area contributed by atoms with Gasteiger partial charge in [0.15, 0.2) is 0 Å². The molecule has 2 aromatic carbocycles. The maximum Gasteiger partial charge on any atom is 0.338 e. The highest BCUT2D eigenvalue weighted by atomic mass is 32.2. The maximum atomic E-state index is 12.1. The molecule has 8 heteroatoms. The van der Waals surface area contributed by atoms with Crippen molar-refractivity contribution in [3.63, 3.8) is 0 Å².